The van der Waals surface area contributed by atoms with Crippen molar-refractivity contribution in [3.05, 3.63) is 60.2 Å². The maximum atomic E-state index is 12.6. The Morgan fingerprint density at radius 3 is 2.52 bits per heavy atom. The molecule has 1 aliphatic rings. The van der Waals surface area contributed by atoms with Crippen molar-refractivity contribution in [1.29, 1.82) is 0 Å². The summed E-state index contributed by atoms with van der Waals surface area (Å²) in [5.41, 5.74) is 1.78. The van der Waals surface area contributed by atoms with E-state index in [9.17, 15) is 9.59 Å². The molecule has 1 unspecified atom stereocenters. The first-order valence-electron chi connectivity index (χ1n) is 10.2. The Morgan fingerprint density at radius 1 is 1.10 bits per heavy atom. The normalized spacial score (nSPS) is 16.4. The molecule has 6 heteroatoms. The van der Waals surface area contributed by atoms with Gasteiger partial charge < -0.3 is 20.3 Å². The summed E-state index contributed by atoms with van der Waals surface area (Å²) in [7, 11) is 0. The van der Waals surface area contributed by atoms with E-state index >= 15 is 0 Å². The number of rotatable bonds is 6. The van der Waals surface area contributed by atoms with Gasteiger partial charge in [0.1, 0.15) is 5.75 Å². The Morgan fingerprint density at radius 2 is 1.83 bits per heavy atom. The molecule has 29 heavy (non-hydrogen) atoms. The van der Waals surface area contributed by atoms with Crippen LogP contribution in [0.3, 0.4) is 0 Å². The van der Waals surface area contributed by atoms with Crippen LogP contribution in [0.25, 0.3) is 0 Å². The molecule has 2 aromatic carbocycles. The largest absolute Gasteiger partial charge is 0.491 e. The Bertz CT molecular complexity index is 806. The summed E-state index contributed by atoms with van der Waals surface area (Å²) in [4.78, 5) is 26.8. The van der Waals surface area contributed by atoms with Crippen LogP contribution in [-0.2, 0) is 11.3 Å². The molecule has 1 heterocycles. The number of nitrogens with zero attached hydrogens (tertiary/aromatic N) is 1. The topological polar surface area (TPSA) is 70.7 Å². The van der Waals surface area contributed by atoms with Crippen molar-refractivity contribution >= 4 is 17.6 Å². The van der Waals surface area contributed by atoms with Crippen molar-refractivity contribution in [2.45, 2.75) is 39.3 Å². The SMILES string of the molecule is CC(C)Oc1ccc(CNC(=O)C2CCCN(C(=O)Nc3ccccc3)C2)cc1. The lowest BCUT2D eigenvalue weighted by atomic mass is 9.97. The molecule has 0 aromatic heterocycles. The van der Waals surface area contributed by atoms with Gasteiger partial charge in [-0.3, -0.25) is 4.79 Å². The van der Waals surface area contributed by atoms with Gasteiger partial charge in [-0.05, 0) is 56.5 Å². The van der Waals surface area contributed by atoms with Crippen LogP contribution in [0.5, 0.6) is 5.75 Å². The predicted molar refractivity (Wildman–Crippen MR) is 114 cm³/mol. The zero-order chi connectivity index (χ0) is 20.6. The van der Waals surface area contributed by atoms with Gasteiger partial charge in [0, 0.05) is 25.3 Å². The van der Waals surface area contributed by atoms with Gasteiger partial charge in [0.15, 0.2) is 0 Å². The summed E-state index contributed by atoms with van der Waals surface area (Å²) in [5, 5.41) is 5.89. The minimum Gasteiger partial charge on any atom is -0.491 e. The van der Waals surface area contributed by atoms with Crippen LogP contribution in [0, 0.1) is 5.92 Å². The quantitative estimate of drug-likeness (QED) is 0.776. The summed E-state index contributed by atoms with van der Waals surface area (Å²) in [6, 6.07) is 16.9. The van der Waals surface area contributed by atoms with Gasteiger partial charge in [0.25, 0.3) is 0 Å². The number of carbonyl (C=O) groups excluding carboxylic acids is 2. The third-order valence-electron chi connectivity index (χ3n) is 4.87. The maximum absolute atomic E-state index is 12.6. The number of urea groups is 1. The van der Waals surface area contributed by atoms with Crippen LogP contribution in [0.1, 0.15) is 32.3 Å². The average molecular weight is 396 g/mol. The zero-order valence-electron chi connectivity index (χ0n) is 17.1. The van der Waals surface area contributed by atoms with Crippen LogP contribution < -0.4 is 15.4 Å². The summed E-state index contributed by atoms with van der Waals surface area (Å²) < 4.78 is 5.64. The van der Waals surface area contributed by atoms with Crippen molar-refractivity contribution in [1.82, 2.24) is 10.2 Å². The second-order valence-electron chi connectivity index (χ2n) is 7.61. The number of anilines is 1. The molecule has 154 valence electrons. The van der Waals surface area contributed by atoms with Crippen molar-refractivity contribution in [2.24, 2.45) is 5.92 Å². The summed E-state index contributed by atoms with van der Waals surface area (Å²) in [6.45, 7) is 5.54. The van der Waals surface area contributed by atoms with E-state index in [4.69, 9.17) is 4.74 Å². The van der Waals surface area contributed by atoms with Crippen LogP contribution in [0.2, 0.25) is 0 Å². The molecule has 1 atom stereocenters. The molecule has 3 rings (SSSR count). The number of carbonyl (C=O) groups is 2. The highest BCUT2D eigenvalue weighted by Crippen LogP contribution is 2.19. The van der Waals surface area contributed by atoms with Gasteiger partial charge in [-0.2, -0.15) is 0 Å². The summed E-state index contributed by atoms with van der Waals surface area (Å²) in [6.07, 6.45) is 1.75. The van der Waals surface area contributed by atoms with Crippen molar-refractivity contribution in [3.63, 3.8) is 0 Å². The lowest BCUT2D eigenvalue weighted by Gasteiger charge is -2.32. The van der Waals surface area contributed by atoms with Crippen LogP contribution in [-0.4, -0.2) is 36.0 Å². The molecule has 0 aliphatic carbocycles. The number of amides is 3. The molecule has 0 radical (unpaired) electrons. The van der Waals surface area contributed by atoms with Crippen molar-refractivity contribution < 1.29 is 14.3 Å². The fourth-order valence-corrected chi connectivity index (χ4v) is 3.39. The minimum atomic E-state index is -0.186. The highest BCUT2D eigenvalue weighted by atomic mass is 16.5. The van der Waals surface area contributed by atoms with E-state index in [2.05, 4.69) is 10.6 Å². The number of ether oxygens (including phenoxy) is 1. The van der Waals surface area contributed by atoms with E-state index in [0.29, 0.717) is 19.6 Å². The fourth-order valence-electron chi connectivity index (χ4n) is 3.39. The number of nitrogens with one attached hydrogen (secondary N) is 2. The second kappa shape index (κ2) is 9.96. The molecule has 0 spiro atoms. The van der Waals surface area contributed by atoms with Crippen molar-refractivity contribution in [3.8, 4) is 5.75 Å². The Hall–Kier alpha value is -3.02. The third kappa shape index (κ3) is 6.24. The number of hydrogen-bond acceptors (Lipinski definition) is 3. The average Bonchev–Trinajstić information content (AvgIpc) is 2.73. The first-order valence-corrected chi connectivity index (χ1v) is 10.2. The van der Waals surface area contributed by atoms with E-state index in [0.717, 1.165) is 29.8 Å². The molecule has 2 N–H and O–H groups in total. The van der Waals surface area contributed by atoms with E-state index in [-0.39, 0.29) is 24.0 Å². The molecule has 3 amide bonds. The predicted octanol–water partition coefficient (Wildman–Crippen LogP) is 4.03. The fraction of sp³-hybridized carbons (Fsp3) is 0.391. The monoisotopic (exact) mass is 395 g/mol. The van der Waals surface area contributed by atoms with Gasteiger partial charge in [0.2, 0.25) is 5.91 Å². The van der Waals surface area contributed by atoms with E-state index in [1.165, 1.54) is 0 Å². The number of para-hydroxylation sites is 1. The zero-order valence-corrected chi connectivity index (χ0v) is 17.1. The molecule has 1 fully saturated rings. The molecule has 6 nitrogen and oxygen atoms in total. The van der Waals surface area contributed by atoms with Gasteiger partial charge in [-0.25, -0.2) is 4.79 Å². The number of piperidine rings is 1. The number of likely N-dealkylation sites (tertiary alicyclic amines) is 1. The number of hydrogen-bond donors (Lipinski definition) is 2. The summed E-state index contributed by atoms with van der Waals surface area (Å²) in [5.74, 6) is 0.626. The standard InChI is InChI=1S/C23H29N3O3/c1-17(2)29-21-12-10-18(11-13-21)15-24-22(27)19-7-6-14-26(16-19)23(28)25-20-8-4-3-5-9-20/h3-5,8-13,17,19H,6-7,14-16H2,1-2H3,(H,24,27)(H,25,28). The first kappa shape index (κ1) is 20.7. The van der Waals surface area contributed by atoms with Crippen LogP contribution in [0.15, 0.2) is 54.6 Å². The molecule has 0 saturated carbocycles. The van der Waals surface area contributed by atoms with Crippen molar-refractivity contribution in [2.75, 3.05) is 18.4 Å². The van der Waals surface area contributed by atoms with E-state index < -0.39 is 0 Å². The highest BCUT2D eigenvalue weighted by molar-refractivity contribution is 5.90. The smallest absolute Gasteiger partial charge is 0.321 e. The molecule has 1 aliphatic heterocycles. The lowest BCUT2D eigenvalue weighted by Crippen LogP contribution is -2.46. The van der Waals surface area contributed by atoms with Crippen LogP contribution in [0.4, 0.5) is 10.5 Å². The first-order chi connectivity index (χ1) is 14.0. The molecular formula is C23H29N3O3. The maximum Gasteiger partial charge on any atom is 0.321 e. The molecule has 1 saturated heterocycles. The molecular weight excluding hydrogens is 366 g/mol. The molecule has 0 bridgehead atoms. The summed E-state index contributed by atoms with van der Waals surface area (Å²) >= 11 is 0. The van der Waals surface area contributed by atoms with Gasteiger partial charge in [-0.15, -0.1) is 0 Å². The van der Waals surface area contributed by atoms with Gasteiger partial charge in [0.05, 0.1) is 12.0 Å². The lowest BCUT2D eigenvalue weighted by molar-refractivity contribution is -0.126. The van der Waals surface area contributed by atoms with E-state index in [1.54, 1.807) is 4.90 Å². The highest BCUT2D eigenvalue weighted by Gasteiger charge is 2.28. The second-order valence-corrected chi connectivity index (χ2v) is 7.61. The Kier molecular flexibility index (Phi) is 7.11. The van der Waals surface area contributed by atoms with Gasteiger partial charge in [-0.1, -0.05) is 30.3 Å². The minimum absolute atomic E-state index is 0.00952. The number of benzene rings is 2. The molecule has 2 aromatic rings. The van der Waals surface area contributed by atoms with E-state index in [1.807, 2.05) is 68.4 Å². The third-order valence-corrected chi connectivity index (χ3v) is 4.87. The van der Waals surface area contributed by atoms with Gasteiger partial charge >= 0.3 is 6.03 Å². The Balaban J connectivity index is 1.48. The Labute approximate surface area is 172 Å². The van der Waals surface area contributed by atoms with Crippen LogP contribution >= 0.6 is 0 Å².